The van der Waals surface area contributed by atoms with Crippen LogP contribution in [0.15, 0.2) is 18.2 Å². The van der Waals surface area contributed by atoms with Crippen molar-refractivity contribution in [2.45, 2.75) is 43.8 Å². The zero-order valence-corrected chi connectivity index (χ0v) is 16.1. The normalized spacial score (nSPS) is 31.0. The number of hydrazine groups is 1. The molecule has 152 valence electrons. The molecule has 4 aliphatic rings. The molecular weight excluding hydrogens is 387 g/mol. The van der Waals surface area contributed by atoms with Gasteiger partial charge in [0.1, 0.15) is 17.6 Å². The lowest BCUT2D eigenvalue weighted by atomic mass is 9.60. The second-order valence-electron chi connectivity index (χ2n) is 7.79. The van der Waals surface area contributed by atoms with Crippen LogP contribution in [0.3, 0.4) is 0 Å². The number of carbonyl (C=O) groups is 2. The molecular formula is C19H24ClFN4O3. The molecule has 7 nitrogen and oxygen atoms in total. The molecule has 28 heavy (non-hydrogen) atoms. The van der Waals surface area contributed by atoms with Crippen LogP contribution in [0.5, 0.6) is 5.75 Å². The van der Waals surface area contributed by atoms with E-state index in [1.54, 1.807) is 0 Å². The van der Waals surface area contributed by atoms with Gasteiger partial charge in [-0.15, -0.1) is 0 Å². The van der Waals surface area contributed by atoms with Gasteiger partial charge in [0.05, 0.1) is 5.02 Å². The van der Waals surface area contributed by atoms with Gasteiger partial charge < -0.3 is 15.4 Å². The van der Waals surface area contributed by atoms with Crippen molar-refractivity contribution in [3.8, 4) is 5.75 Å². The fourth-order valence-electron chi connectivity index (χ4n) is 4.31. The first-order chi connectivity index (χ1) is 13.5. The first kappa shape index (κ1) is 19.4. The lowest BCUT2D eigenvalue weighted by Crippen LogP contribution is -2.61. The van der Waals surface area contributed by atoms with Gasteiger partial charge >= 0.3 is 0 Å². The molecule has 5 rings (SSSR count). The molecule has 9 heteroatoms. The number of nitrogens with one attached hydrogen (secondary N) is 4. The van der Waals surface area contributed by atoms with E-state index < -0.39 is 5.82 Å². The highest BCUT2D eigenvalue weighted by molar-refractivity contribution is 6.30. The molecule has 3 atom stereocenters. The summed E-state index contributed by atoms with van der Waals surface area (Å²) in [5, 5.41) is 6.16. The van der Waals surface area contributed by atoms with Crippen molar-refractivity contribution in [3.05, 3.63) is 29.0 Å². The molecule has 1 saturated heterocycles. The third-order valence-electron chi connectivity index (χ3n) is 5.94. The highest BCUT2D eigenvalue weighted by Gasteiger charge is 2.47. The molecule has 1 aromatic carbocycles. The molecule has 2 amide bonds. The first-order valence-corrected chi connectivity index (χ1v) is 10.0. The highest BCUT2D eigenvalue weighted by Crippen LogP contribution is 2.45. The summed E-state index contributed by atoms with van der Waals surface area (Å²) in [4.78, 5) is 24.6. The van der Waals surface area contributed by atoms with Crippen LogP contribution in [0.25, 0.3) is 0 Å². The van der Waals surface area contributed by atoms with Gasteiger partial charge in [-0.1, -0.05) is 11.6 Å². The van der Waals surface area contributed by atoms with E-state index in [1.807, 2.05) is 0 Å². The number of carbonyl (C=O) groups excluding carboxylic acids is 2. The number of amides is 2. The Balaban J connectivity index is 1.26. The van der Waals surface area contributed by atoms with Crippen molar-refractivity contribution >= 4 is 23.4 Å². The Kier molecular flexibility index (Phi) is 5.70. The molecule has 1 heterocycles. The zero-order chi connectivity index (χ0) is 19.7. The van der Waals surface area contributed by atoms with E-state index in [0.717, 1.165) is 38.3 Å². The van der Waals surface area contributed by atoms with Gasteiger partial charge in [0, 0.05) is 24.7 Å². The van der Waals surface area contributed by atoms with Gasteiger partial charge in [0.15, 0.2) is 6.61 Å². The fourth-order valence-corrected chi connectivity index (χ4v) is 4.42. The average molecular weight is 411 g/mol. The third kappa shape index (κ3) is 4.24. The van der Waals surface area contributed by atoms with Crippen molar-refractivity contribution < 1.29 is 18.7 Å². The van der Waals surface area contributed by atoms with Crippen molar-refractivity contribution in [2.75, 3.05) is 13.2 Å². The van der Waals surface area contributed by atoms with Gasteiger partial charge in [-0.05, 0) is 49.7 Å². The van der Waals surface area contributed by atoms with E-state index in [2.05, 4.69) is 21.5 Å². The second-order valence-corrected chi connectivity index (χ2v) is 8.20. The lowest BCUT2D eigenvalue weighted by Gasteiger charge is -2.51. The second kappa shape index (κ2) is 8.23. The van der Waals surface area contributed by atoms with E-state index in [1.165, 1.54) is 12.1 Å². The fraction of sp³-hybridized carbons (Fsp3) is 0.579. The Morgan fingerprint density at radius 2 is 1.93 bits per heavy atom. The number of benzene rings is 1. The minimum Gasteiger partial charge on any atom is -0.484 e. The van der Waals surface area contributed by atoms with Crippen molar-refractivity contribution in [3.63, 3.8) is 0 Å². The van der Waals surface area contributed by atoms with Crippen LogP contribution in [0.4, 0.5) is 4.39 Å². The summed E-state index contributed by atoms with van der Waals surface area (Å²) in [5.74, 6) is 0.368. The Bertz CT molecular complexity index is 753. The molecule has 0 spiro atoms. The Hall–Kier alpha value is -1.90. The molecule has 4 fully saturated rings. The maximum Gasteiger partial charge on any atom is 0.258 e. The van der Waals surface area contributed by atoms with Crippen molar-refractivity contribution in [1.82, 2.24) is 21.5 Å². The summed E-state index contributed by atoms with van der Waals surface area (Å²) < 4.78 is 18.8. The Morgan fingerprint density at radius 3 is 2.61 bits per heavy atom. The van der Waals surface area contributed by atoms with E-state index in [4.69, 9.17) is 16.3 Å². The maximum absolute atomic E-state index is 13.4. The predicted molar refractivity (Wildman–Crippen MR) is 101 cm³/mol. The Labute approximate surface area is 167 Å². The van der Waals surface area contributed by atoms with Crippen LogP contribution in [-0.4, -0.2) is 43.1 Å². The van der Waals surface area contributed by atoms with E-state index in [0.29, 0.717) is 11.8 Å². The summed E-state index contributed by atoms with van der Waals surface area (Å²) in [5.41, 5.74) is 5.94. The molecule has 1 aliphatic heterocycles. The Morgan fingerprint density at radius 1 is 1.18 bits per heavy atom. The number of halogens is 2. The zero-order valence-electron chi connectivity index (χ0n) is 15.3. The monoisotopic (exact) mass is 410 g/mol. The van der Waals surface area contributed by atoms with Crippen LogP contribution < -0.4 is 26.2 Å². The molecule has 3 saturated carbocycles. The summed E-state index contributed by atoms with van der Waals surface area (Å²) >= 11 is 5.64. The number of fused-ring (bicyclic) bond motifs is 2. The van der Waals surface area contributed by atoms with Crippen molar-refractivity contribution in [1.29, 1.82) is 0 Å². The minimum absolute atomic E-state index is 0.00946. The van der Waals surface area contributed by atoms with E-state index >= 15 is 0 Å². The number of hydrogen-bond donors (Lipinski definition) is 4. The van der Waals surface area contributed by atoms with Gasteiger partial charge in [0.25, 0.3) is 5.91 Å². The minimum atomic E-state index is -0.585. The maximum atomic E-state index is 13.4. The van der Waals surface area contributed by atoms with Crippen LogP contribution in [0, 0.1) is 17.7 Å². The smallest absolute Gasteiger partial charge is 0.258 e. The van der Waals surface area contributed by atoms with E-state index in [9.17, 15) is 14.0 Å². The van der Waals surface area contributed by atoms with E-state index in [-0.39, 0.29) is 47.3 Å². The van der Waals surface area contributed by atoms with Crippen LogP contribution in [-0.2, 0) is 9.59 Å². The summed E-state index contributed by atoms with van der Waals surface area (Å²) in [6, 6.07) is 3.97. The average Bonchev–Trinajstić information content (AvgIpc) is 3.16. The molecule has 0 aromatic heterocycles. The highest BCUT2D eigenvalue weighted by atomic mass is 35.5. The number of ether oxygens (including phenoxy) is 1. The summed E-state index contributed by atoms with van der Waals surface area (Å²) in [6.45, 7) is 0.590. The lowest BCUT2D eigenvalue weighted by molar-refractivity contribution is -0.127. The molecule has 1 aromatic rings. The molecule has 4 N–H and O–H groups in total. The van der Waals surface area contributed by atoms with Crippen LogP contribution >= 0.6 is 11.6 Å². The third-order valence-corrected chi connectivity index (χ3v) is 6.25. The number of rotatable bonds is 6. The SMILES string of the molecule is O=C(COc1ccc(Cl)c(F)c1)NC1CC(NC(=O)C2CCNN2)C2CC1C2. The van der Waals surface area contributed by atoms with Crippen LogP contribution in [0.1, 0.15) is 25.7 Å². The van der Waals surface area contributed by atoms with Crippen molar-refractivity contribution in [2.24, 2.45) is 11.8 Å². The predicted octanol–water partition coefficient (Wildman–Crippen LogP) is 1.12. The van der Waals surface area contributed by atoms with Gasteiger partial charge in [-0.3, -0.25) is 15.0 Å². The standard InChI is InChI=1S/C19H24ClFN4O3/c20-13-2-1-12(7-14(13)21)28-9-18(26)23-16-8-17(11-5-10(16)6-11)24-19(27)15-3-4-22-25-15/h1-2,7,10-11,15-17,22,25H,3-6,8-9H2,(H,23,26)(H,24,27). The topological polar surface area (TPSA) is 91.5 Å². The molecule has 0 radical (unpaired) electrons. The number of hydrogen-bond acceptors (Lipinski definition) is 5. The van der Waals surface area contributed by atoms with Crippen LogP contribution in [0.2, 0.25) is 5.02 Å². The van der Waals surface area contributed by atoms with Gasteiger partial charge in [0.2, 0.25) is 5.91 Å². The first-order valence-electron chi connectivity index (χ1n) is 9.65. The molecule has 3 unspecified atom stereocenters. The summed E-state index contributed by atoms with van der Waals surface area (Å²) in [6.07, 6.45) is 3.52. The molecule has 3 aliphatic carbocycles. The largest absolute Gasteiger partial charge is 0.484 e. The van der Waals surface area contributed by atoms with Gasteiger partial charge in [-0.25, -0.2) is 9.82 Å². The molecule has 2 bridgehead atoms. The van der Waals surface area contributed by atoms with Gasteiger partial charge in [-0.2, -0.15) is 0 Å². The summed E-state index contributed by atoms with van der Waals surface area (Å²) in [7, 11) is 0. The quantitative estimate of drug-likeness (QED) is 0.564.